The van der Waals surface area contributed by atoms with Crippen LogP contribution in [0.2, 0.25) is 0 Å². The molecule has 0 amide bonds. The third-order valence-electron chi connectivity index (χ3n) is 2.29. The molecular formula is C8H17NO. The average molecular weight is 143 g/mol. The molecule has 0 bridgehead atoms. The largest absolute Gasteiger partial charge is 0.308 e. The second-order valence-corrected chi connectivity index (χ2v) is 2.92. The fraction of sp³-hybridized carbons (Fsp3) is 0.875. The monoisotopic (exact) mass is 143 g/mol. The van der Waals surface area contributed by atoms with Gasteiger partial charge in [0.05, 0.1) is 5.54 Å². The molecule has 0 aromatic carbocycles. The standard InChI is InChI=1S/C8H17NO/c1-5-8(6-10,9-4)7(2)3/h6-7,9H,5H2,1-4H3. The van der Waals surface area contributed by atoms with E-state index in [2.05, 4.69) is 19.2 Å². The number of nitrogens with one attached hydrogen (secondary N) is 1. The van der Waals surface area contributed by atoms with E-state index in [1.54, 1.807) is 0 Å². The van der Waals surface area contributed by atoms with Gasteiger partial charge in [-0.3, -0.25) is 0 Å². The molecule has 0 saturated heterocycles. The Balaban J connectivity index is 4.30. The van der Waals surface area contributed by atoms with Crippen molar-refractivity contribution in [2.75, 3.05) is 7.05 Å². The minimum atomic E-state index is -0.306. The van der Waals surface area contributed by atoms with Gasteiger partial charge in [0.1, 0.15) is 6.29 Å². The average Bonchev–Trinajstić information content (AvgIpc) is 1.92. The van der Waals surface area contributed by atoms with E-state index in [9.17, 15) is 4.79 Å². The highest BCUT2D eigenvalue weighted by molar-refractivity contribution is 5.64. The van der Waals surface area contributed by atoms with Crippen molar-refractivity contribution in [3.05, 3.63) is 0 Å². The SMILES string of the molecule is CCC(C=O)(NC)C(C)C. The van der Waals surface area contributed by atoms with Crippen LogP contribution in [0.5, 0.6) is 0 Å². The van der Waals surface area contributed by atoms with Gasteiger partial charge in [-0.05, 0) is 19.4 Å². The number of hydrogen-bond acceptors (Lipinski definition) is 2. The second kappa shape index (κ2) is 3.71. The maximum Gasteiger partial charge on any atom is 0.140 e. The van der Waals surface area contributed by atoms with E-state index in [0.717, 1.165) is 12.7 Å². The lowest BCUT2D eigenvalue weighted by molar-refractivity contribution is -0.114. The molecule has 0 spiro atoms. The van der Waals surface area contributed by atoms with E-state index in [1.807, 2.05) is 14.0 Å². The van der Waals surface area contributed by atoms with Gasteiger partial charge in [-0.2, -0.15) is 0 Å². The first kappa shape index (κ1) is 9.63. The zero-order valence-electron chi connectivity index (χ0n) is 7.27. The number of carbonyl (C=O) groups excluding carboxylic acids is 1. The number of aldehydes is 1. The van der Waals surface area contributed by atoms with Gasteiger partial charge < -0.3 is 10.1 Å². The van der Waals surface area contributed by atoms with Gasteiger partial charge in [0.15, 0.2) is 0 Å². The first-order valence-corrected chi connectivity index (χ1v) is 3.78. The summed E-state index contributed by atoms with van der Waals surface area (Å²) >= 11 is 0. The van der Waals surface area contributed by atoms with E-state index >= 15 is 0 Å². The zero-order valence-corrected chi connectivity index (χ0v) is 7.27. The highest BCUT2D eigenvalue weighted by Crippen LogP contribution is 2.17. The second-order valence-electron chi connectivity index (χ2n) is 2.92. The molecule has 2 heteroatoms. The van der Waals surface area contributed by atoms with Crippen molar-refractivity contribution in [1.29, 1.82) is 0 Å². The van der Waals surface area contributed by atoms with Gasteiger partial charge in [0, 0.05) is 0 Å². The normalized spacial score (nSPS) is 16.9. The molecule has 0 aromatic heterocycles. The Morgan fingerprint density at radius 2 is 2.10 bits per heavy atom. The lowest BCUT2D eigenvalue weighted by atomic mass is 9.86. The summed E-state index contributed by atoms with van der Waals surface area (Å²) < 4.78 is 0. The molecule has 0 heterocycles. The molecule has 0 fully saturated rings. The summed E-state index contributed by atoms with van der Waals surface area (Å²) in [5.41, 5.74) is -0.306. The minimum absolute atomic E-state index is 0.306. The van der Waals surface area contributed by atoms with Crippen molar-refractivity contribution in [2.45, 2.75) is 32.7 Å². The first-order valence-electron chi connectivity index (χ1n) is 3.78. The van der Waals surface area contributed by atoms with Gasteiger partial charge >= 0.3 is 0 Å². The summed E-state index contributed by atoms with van der Waals surface area (Å²) in [7, 11) is 1.83. The van der Waals surface area contributed by atoms with Gasteiger partial charge in [-0.1, -0.05) is 20.8 Å². The van der Waals surface area contributed by atoms with Crippen LogP contribution in [-0.4, -0.2) is 18.9 Å². The van der Waals surface area contributed by atoms with Crippen molar-refractivity contribution in [2.24, 2.45) is 5.92 Å². The minimum Gasteiger partial charge on any atom is -0.308 e. The van der Waals surface area contributed by atoms with Crippen LogP contribution in [0.1, 0.15) is 27.2 Å². The van der Waals surface area contributed by atoms with Crippen LogP contribution in [0.4, 0.5) is 0 Å². The van der Waals surface area contributed by atoms with Crippen molar-refractivity contribution >= 4 is 6.29 Å². The Morgan fingerprint density at radius 3 is 2.10 bits per heavy atom. The Kier molecular flexibility index (Phi) is 3.58. The molecule has 0 rings (SSSR count). The maximum absolute atomic E-state index is 10.7. The molecule has 1 N–H and O–H groups in total. The number of carbonyl (C=O) groups is 1. The van der Waals surface area contributed by atoms with E-state index < -0.39 is 0 Å². The highest BCUT2D eigenvalue weighted by Gasteiger charge is 2.28. The van der Waals surface area contributed by atoms with Crippen molar-refractivity contribution in [3.63, 3.8) is 0 Å². The Labute approximate surface area is 63.0 Å². The summed E-state index contributed by atoms with van der Waals surface area (Å²) in [6.07, 6.45) is 1.86. The molecule has 0 saturated carbocycles. The van der Waals surface area contributed by atoms with E-state index in [4.69, 9.17) is 0 Å². The Bertz CT molecular complexity index is 106. The topological polar surface area (TPSA) is 29.1 Å². The van der Waals surface area contributed by atoms with Crippen LogP contribution in [0.25, 0.3) is 0 Å². The predicted molar refractivity (Wildman–Crippen MR) is 43.0 cm³/mol. The molecule has 0 aliphatic heterocycles. The Morgan fingerprint density at radius 1 is 1.60 bits per heavy atom. The summed E-state index contributed by atoms with van der Waals surface area (Å²) in [5.74, 6) is 0.361. The summed E-state index contributed by atoms with van der Waals surface area (Å²) in [5, 5.41) is 3.05. The third-order valence-corrected chi connectivity index (χ3v) is 2.29. The van der Waals surface area contributed by atoms with Crippen molar-refractivity contribution in [1.82, 2.24) is 5.32 Å². The molecule has 10 heavy (non-hydrogen) atoms. The molecule has 0 aliphatic rings. The summed E-state index contributed by atoms with van der Waals surface area (Å²) in [6.45, 7) is 6.12. The molecule has 1 atom stereocenters. The molecule has 2 nitrogen and oxygen atoms in total. The number of rotatable bonds is 4. The lowest BCUT2D eigenvalue weighted by Crippen LogP contribution is -2.48. The van der Waals surface area contributed by atoms with Crippen molar-refractivity contribution in [3.8, 4) is 0 Å². The Hall–Kier alpha value is -0.370. The van der Waals surface area contributed by atoms with Crippen LogP contribution in [0, 0.1) is 5.92 Å². The molecule has 0 aliphatic carbocycles. The zero-order chi connectivity index (χ0) is 8.20. The fourth-order valence-corrected chi connectivity index (χ4v) is 1.15. The van der Waals surface area contributed by atoms with Gasteiger partial charge in [0.25, 0.3) is 0 Å². The van der Waals surface area contributed by atoms with Crippen LogP contribution in [0.3, 0.4) is 0 Å². The summed E-state index contributed by atoms with van der Waals surface area (Å²) in [6, 6.07) is 0. The molecular weight excluding hydrogens is 126 g/mol. The van der Waals surface area contributed by atoms with E-state index in [1.165, 1.54) is 0 Å². The highest BCUT2D eigenvalue weighted by atomic mass is 16.1. The number of likely N-dealkylation sites (N-methyl/N-ethyl adjacent to an activating group) is 1. The lowest BCUT2D eigenvalue weighted by Gasteiger charge is -2.30. The molecule has 0 aromatic rings. The third kappa shape index (κ3) is 1.57. The number of hydrogen-bond donors (Lipinski definition) is 1. The fourth-order valence-electron chi connectivity index (χ4n) is 1.15. The van der Waals surface area contributed by atoms with Gasteiger partial charge in [0.2, 0.25) is 0 Å². The quantitative estimate of drug-likeness (QED) is 0.599. The van der Waals surface area contributed by atoms with Gasteiger partial charge in [-0.15, -0.1) is 0 Å². The van der Waals surface area contributed by atoms with Crippen molar-refractivity contribution < 1.29 is 4.79 Å². The van der Waals surface area contributed by atoms with E-state index in [-0.39, 0.29) is 5.54 Å². The van der Waals surface area contributed by atoms with Crippen LogP contribution in [-0.2, 0) is 4.79 Å². The van der Waals surface area contributed by atoms with Crippen LogP contribution in [0.15, 0.2) is 0 Å². The molecule has 1 unspecified atom stereocenters. The van der Waals surface area contributed by atoms with Crippen LogP contribution < -0.4 is 5.32 Å². The molecule has 0 radical (unpaired) electrons. The van der Waals surface area contributed by atoms with E-state index in [0.29, 0.717) is 5.92 Å². The smallest absolute Gasteiger partial charge is 0.140 e. The van der Waals surface area contributed by atoms with Crippen LogP contribution >= 0.6 is 0 Å². The van der Waals surface area contributed by atoms with Gasteiger partial charge in [-0.25, -0.2) is 0 Å². The maximum atomic E-state index is 10.7. The first-order chi connectivity index (χ1) is 4.63. The molecule has 60 valence electrons. The predicted octanol–water partition coefficient (Wildman–Crippen LogP) is 1.21. The summed E-state index contributed by atoms with van der Waals surface area (Å²) in [4.78, 5) is 10.7.